The van der Waals surface area contributed by atoms with Crippen molar-refractivity contribution in [3.05, 3.63) is 24.1 Å². The maximum atomic E-state index is 13.0. The number of rotatable bonds is 4. The van der Waals surface area contributed by atoms with E-state index in [1.165, 1.54) is 6.08 Å². The first-order valence-electron chi connectivity index (χ1n) is 9.48. The van der Waals surface area contributed by atoms with Crippen LogP contribution in [-0.4, -0.2) is 29.7 Å². The van der Waals surface area contributed by atoms with Crippen LogP contribution in [0.15, 0.2) is 24.1 Å². The Morgan fingerprint density at radius 2 is 1.88 bits per heavy atom. The molecule has 2 unspecified atom stereocenters. The van der Waals surface area contributed by atoms with Crippen molar-refractivity contribution < 1.29 is 18.7 Å². The van der Waals surface area contributed by atoms with Crippen molar-refractivity contribution in [3.8, 4) is 0 Å². The number of carbonyl (C=O) groups is 2. The first kappa shape index (κ1) is 20.5. The fraction of sp³-hybridized carbons (Fsp3) is 0.700. The van der Waals surface area contributed by atoms with Crippen molar-refractivity contribution in [1.29, 1.82) is 0 Å². The van der Waals surface area contributed by atoms with E-state index in [0.717, 1.165) is 25.7 Å². The van der Waals surface area contributed by atoms with Crippen molar-refractivity contribution in [2.45, 2.75) is 77.5 Å². The van der Waals surface area contributed by atoms with Gasteiger partial charge < -0.3 is 15.4 Å². The third kappa shape index (κ3) is 6.46. The van der Waals surface area contributed by atoms with Gasteiger partial charge in [-0.3, -0.25) is 4.79 Å². The highest BCUT2D eigenvalue weighted by Gasteiger charge is 2.29. The van der Waals surface area contributed by atoms with Crippen molar-refractivity contribution >= 4 is 12.0 Å². The molecule has 2 atom stereocenters. The zero-order valence-corrected chi connectivity index (χ0v) is 16.2. The molecule has 0 aromatic carbocycles. The second kappa shape index (κ2) is 8.69. The molecular weight excluding hydrogens is 335 g/mol. The van der Waals surface area contributed by atoms with Crippen molar-refractivity contribution in [2.75, 3.05) is 0 Å². The van der Waals surface area contributed by atoms with Gasteiger partial charge in [0, 0.05) is 23.9 Å². The van der Waals surface area contributed by atoms with E-state index in [9.17, 15) is 14.0 Å². The summed E-state index contributed by atoms with van der Waals surface area (Å²) >= 11 is 0. The maximum absolute atomic E-state index is 13.0. The van der Waals surface area contributed by atoms with E-state index in [-0.39, 0.29) is 35.7 Å². The van der Waals surface area contributed by atoms with Crippen LogP contribution < -0.4 is 10.6 Å². The first-order valence-corrected chi connectivity index (χ1v) is 9.48. The molecule has 2 aliphatic carbocycles. The fourth-order valence-electron chi connectivity index (χ4n) is 3.41. The number of hydrogen-bond acceptors (Lipinski definition) is 3. The molecule has 0 radical (unpaired) electrons. The molecule has 0 bridgehead atoms. The lowest BCUT2D eigenvalue weighted by molar-refractivity contribution is -0.126. The summed E-state index contributed by atoms with van der Waals surface area (Å²) in [6.07, 6.45) is 8.07. The highest BCUT2D eigenvalue weighted by atomic mass is 19.1. The number of alkyl carbamates (subject to hydrolysis) is 1. The molecule has 146 valence electrons. The van der Waals surface area contributed by atoms with E-state index in [1.54, 1.807) is 6.08 Å². The fourth-order valence-corrected chi connectivity index (χ4v) is 3.41. The molecule has 0 heterocycles. The Morgan fingerprint density at radius 1 is 1.23 bits per heavy atom. The summed E-state index contributed by atoms with van der Waals surface area (Å²) in [6.45, 7) is 7.46. The van der Waals surface area contributed by atoms with Crippen LogP contribution in [0.3, 0.4) is 0 Å². The van der Waals surface area contributed by atoms with Crippen LogP contribution in [0, 0.1) is 11.8 Å². The van der Waals surface area contributed by atoms with Crippen LogP contribution in [0.1, 0.15) is 59.8 Å². The number of hydrogen-bond donors (Lipinski definition) is 2. The van der Waals surface area contributed by atoms with E-state index in [1.807, 2.05) is 33.8 Å². The Labute approximate surface area is 155 Å². The monoisotopic (exact) mass is 366 g/mol. The highest BCUT2D eigenvalue weighted by Crippen LogP contribution is 2.26. The maximum Gasteiger partial charge on any atom is 0.407 e. The third-order valence-corrected chi connectivity index (χ3v) is 4.92. The number of carbonyl (C=O) groups excluding carboxylic acids is 2. The standard InChI is InChI=1S/C20H31FN2O3/c1-13(14-5-9-16(21)10-6-14)22-18(24)15-7-11-17(12-8-15)23-19(25)26-20(2,3)4/h5,9-10,13-15,17H,6-8,11-12H2,1-4H3,(H,22,24)(H,23,25). The summed E-state index contributed by atoms with van der Waals surface area (Å²) in [5.41, 5.74) is -0.511. The summed E-state index contributed by atoms with van der Waals surface area (Å²) < 4.78 is 18.3. The summed E-state index contributed by atoms with van der Waals surface area (Å²) in [6, 6.07) is 0.0291. The van der Waals surface area contributed by atoms with Crippen LogP contribution in [0.2, 0.25) is 0 Å². The average Bonchev–Trinajstić information content (AvgIpc) is 2.54. The number of allylic oxidation sites excluding steroid dienone is 3. The van der Waals surface area contributed by atoms with Gasteiger partial charge >= 0.3 is 6.09 Å². The summed E-state index contributed by atoms with van der Waals surface area (Å²) in [5, 5.41) is 5.95. The predicted octanol–water partition coefficient (Wildman–Crippen LogP) is 4.00. The SMILES string of the molecule is CC(NC(=O)C1CCC(NC(=O)OC(C)(C)C)CC1)C1C=CC(F)=CC1. The minimum Gasteiger partial charge on any atom is -0.444 e. The Kier molecular flexibility index (Phi) is 6.84. The third-order valence-electron chi connectivity index (χ3n) is 4.92. The van der Waals surface area contributed by atoms with E-state index < -0.39 is 11.7 Å². The molecule has 0 aliphatic heterocycles. The number of ether oxygens (including phenoxy) is 1. The van der Waals surface area contributed by atoms with E-state index in [4.69, 9.17) is 4.74 Å². The lowest BCUT2D eigenvalue weighted by Crippen LogP contribution is -2.45. The second-order valence-electron chi connectivity index (χ2n) is 8.34. The normalized spacial score (nSPS) is 27.3. The van der Waals surface area contributed by atoms with E-state index in [2.05, 4.69) is 10.6 Å². The lowest BCUT2D eigenvalue weighted by atomic mass is 9.85. The van der Waals surface area contributed by atoms with Gasteiger partial charge in [-0.2, -0.15) is 0 Å². The molecule has 2 amide bonds. The molecular formula is C20H31FN2O3. The molecule has 0 spiro atoms. The smallest absolute Gasteiger partial charge is 0.407 e. The molecule has 5 nitrogen and oxygen atoms in total. The second-order valence-corrected chi connectivity index (χ2v) is 8.34. The molecule has 26 heavy (non-hydrogen) atoms. The van der Waals surface area contributed by atoms with Gasteiger partial charge in [-0.25, -0.2) is 9.18 Å². The van der Waals surface area contributed by atoms with Gasteiger partial charge in [0.2, 0.25) is 5.91 Å². The molecule has 1 saturated carbocycles. The van der Waals surface area contributed by atoms with Crippen LogP contribution >= 0.6 is 0 Å². The Balaban J connectivity index is 1.72. The van der Waals surface area contributed by atoms with Gasteiger partial charge in [-0.1, -0.05) is 6.08 Å². The van der Waals surface area contributed by atoms with Crippen molar-refractivity contribution in [3.63, 3.8) is 0 Å². The number of amides is 2. The number of halogens is 1. The molecule has 2 aliphatic rings. The minimum atomic E-state index is -0.511. The summed E-state index contributed by atoms with van der Waals surface area (Å²) in [4.78, 5) is 24.3. The molecule has 0 aromatic heterocycles. The van der Waals surface area contributed by atoms with Crippen LogP contribution in [0.4, 0.5) is 9.18 Å². The summed E-state index contributed by atoms with van der Waals surface area (Å²) in [5.74, 6) is -0.0650. The van der Waals surface area contributed by atoms with E-state index in [0.29, 0.717) is 6.42 Å². The molecule has 2 N–H and O–H groups in total. The number of nitrogens with one attached hydrogen (secondary N) is 2. The molecule has 6 heteroatoms. The lowest BCUT2D eigenvalue weighted by Gasteiger charge is -2.31. The van der Waals surface area contributed by atoms with Gasteiger partial charge in [0.25, 0.3) is 0 Å². The van der Waals surface area contributed by atoms with Crippen LogP contribution in [0.25, 0.3) is 0 Å². The van der Waals surface area contributed by atoms with Crippen molar-refractivity contribution in [1.82, 2.24) is 10.6 Å². The molecule has 2 rings (SSSR count). The molecule has 1 fully saturated rings. The Morgan fingerprint density at radius 3 is 2.42 bits per heavy atom. The molecule has 0 saturated heterocycles. The minimum absolute atomic E-state index is 0.0271. The average molecular weight is 366 g/mol. The topological polar surface area (TPSA) is 67.4 Å². The van der Waals surface area contributed by atoms with Crippen LogP contribution in [0.5, 0.6) is 0 Å². The summed E-state index contributed by atoms with van der Waals surface area (Å²) in [7, 11) is 0. The van der Waals surface area contributed by atoms with Gasteiger partial charge in [0.15, 0.2) is 0 Å². The zero-order chi connectivity index (χ0) is 19.3. The Bertz CT molecular complexity index is 572. The molecule has 0 aromatic rings. The van der Waals surface area contributed by atoms with Gasteiger partial charge in [-0.15, -0.1) is 0 Å². The quantitative estimate of drug-likeness (QED) is 0.790. The first-order chi connectivity index (χ1) is 12.1. The Hall–Kier alpha value is -1.85. The van der Waals surface area contributed by atoms with Crippen LogP contribution in [-0.2, 0) is 9.53 Å². The predicted molar refractivity (Wildman–Crippen MR) is 99.2 cm³/mol. The van der Waals surface area contributed by atoms with E-state index >= 15 is 0 Å². The van der Waals surface area contributed by atoms with Gasteiger partial charge in [0.1, 0.15) is 11.4 Å². The van der Waals surface area contributed by atoms with Gasteiger partial charge in [0.05, 0.1) is 0 Å². The van der Waals surface area contributed by atoms with Crippen molar-refractivity contribution in [2.24, 2.45) is 11.8 Å². The zero-order valence-electron chi connectivity index (χ0n) is 16.2. The highest BCUT2D eigenvalue weighted by molar-refractivity contribution is 5.79. The van der Waals surface area contributed by atoms with Gasteiger partial charge in [-0.05, 0) is 72.0 Å². The largest absolute Gasteiger partial charge is 0.444 e.